The molecule has 2 nitrogen and oxygen atoms in total. The van der Waals surface area contributed by atoms with Crippen LogP contribution >= 0.6 is 11.6 Å². The van der Waals surface area contributed by atoms with Crippen molar-refractivity contribution in [3.8, 4) is 6.07 Å². The molecule has 0 spiro atoms. The van der Waals surface area contributed by atoms with Gasteiger partial charge in [0.2, 0.25) is 0 Å². The highest BCUT2D eigenvalue weighted by Gasteiger charge is 2.13. The number of anilines is 1. The van der Waals surface area contributed by atoms with Gasteiger partial charge in [-0.2, -0.15) is 5.26 Å². The van der Waals surface area contributed by atoms with Crippen molar-refractivity contribution in [1.29, 1.82) is 5.26 Å². The Balaban J connectivity index is 3.03. The van der Waals surface area contributed by atoms with Crippen LogP contribution in [0.5, 0.6) is 0 Å². The second-order valence-corrected chi connectivity index (χ2v) is 3.64. The molecule has 16 heavy (non-hydrogen) atoms. The van der Waals surface area contributed by atoms with Crippen molar-refractivity contribution in [1.82, 2.24) is 0 Å². The number of nitriles is 1. The molecule has 0 atom stereocenters. The molecule has 0 aliphatic rings. The van der Waals surface area contributed by atoms with E-state index in [-0.39, 0.29) is 11.7 Å². The fraction of sp³-hybridized carbons (Fsp3) is 0.417. The summed E-state index contributed by atoms with van der Waals surface area (Å²) >= 11 is 5.78. The smallest absolute Gasteiger partial charge is 0.146 e. The summed E-state index contributed by atoms with van der Waals surface area (Å²) in [6.45, 7) is 3.12. The zero-order valence-electron chi connectivity index (χ0n) is 9.21. The summed E-state index contributed by atoms with van der Waals surface area (Å²) in [6, 6.07) is 6.93. The van der Waals surface area contributed by atoms with Crippen molar-refractivity contribution in [3.63, 3.8) is 0 Å². The highest BCUT2D eigenvalue weighted by Crippen LogP contribution is 2.25. The second kappa shape index (κ2) is 6.34. The highest BCUT2D eigenvalue weighted by molar-refractivity contribution is 6.17. The summed E-state index contributed by atoms with van der Waals surface area (Å²) in [5.74, 6) is -0.00573. The molecule has 0 aliphatic heterocycles. The predicted octanol–water partition coefficient (Wildman–Crippen LogP) is 3.30. The van der Waals surface area contributed by atoms with Crippen molar-refractivity contribution in [3.05, 3.63) is 29.6 Å². The number of hydrogen-bond donors (Lipinski definition) is 0. The maximum atomic E-state index is 13.7. The number of halogens is 2. The lowest BCUT2D eigenvalue weighted by molar-refractivity contribution is 0.617. The van der Waals surface area contributed by atoms with E-state index in [4.69, 9.17) is 16.9 Å². The van der Waals surface area contributed by atoms with Gasteiger partial charge in [0, 0.05) is 19.0 Å². The van der Waals surface area contributed by atoms with Crippen molar-refractivity contribution >= 4 is 17.3 Å². The lowest BCUT2D eigenvalue weighted by Gasteiger charge is -2.24. The van der Waals surface area contributed by atoms with E-state index >= 15 is 0 Å². The summed E-state index contributed by atoms with van der Waals surface area (Å²) in [7, 11) is 0. The molecule has 1 rings (SSSR count). The van der Waals surface area contributed by atoms with Gasteiger partial charge in [-0.15, -0.1) is 11.6 Å². The Morgan fingerprint density at radius 3 is 2.81 bits per heavy atom. The van der Waals surface area contributed by atoms with Crippen LogP contribution in [-0.2, 0) is 5.88 Å². The predicted molar refractivity (Wildman–Crippen MR) is 64.1 cm³/mol. The second-order valence-electron chi connectivity index (χ2n) is 3.37. The lowest BCUT2D eigenvalue weighted by Crippen LogP contribution is -2.25. The van der Waals surface area contributed by atoms with Gasteiger partial charge in [0.05, 0.1) is 18.2 Å². The first-order valence-electron chi connectivity index (χ1n) is 5.19. The molecule has 0 aliphatic carbocycles. The number of benzene rings is 1. The van der Waals surface area contributed by atoms with Crippen molar-refractivity contribution in [2.24, 2.45) is 0 Å². The largest absolute Gasteiger partial charge is 0.368 e. The van der Waals surface area contributed by atoms with Crippen LogP contribution in [0.3, 0.4) is 0 Å². The summed E-state index contributed by atoms with van der Waals surface area (Å²) in [6.07, 6.45) is 0.379. The molecule has 0 amide bonds. The average Bonchev–Trinajstić information content (AvgIpc) is 2.31. The Kier molecular flexibility index (Phi) is 5.07. The normalized spacial score (nSPS) is 9.88. The summed E-state index contributed by atoms with van der Waals surface area (Å²) in [5.41, 5.74) is 1.29. The van der Waals surface area contributed by atoms with Crippen LogP contribution in [0.15, 0.2) is 18.2 Å². The Morgan fingerprint density at radius 1 is 1.50 bits per heavy atom. The van der Waals surface area contributed by atoms with Gasteiger partial charge in [-0.1, -0.05) is 12.1 Å². The maximum absolute atomic E-state index is 13.7. The standard InChI is InChI=1S/C12H14ClFN2/c1-2-16(8-4-7-15)12-10(9-13)5-3-6-11(12)14/h3,5-6H,2,4,8-9H2,1H3. The quantitative estimate of drug-likeness (QED) is 0.739. The van der Waals surface area contributed by atoms with E-state index in [1.54, 1.807) is 12.1 Å². The van der Waals surface area contributed by atoms with Crippen LogP contribution in [0.25, 0.3) is 0 Å². The zero-order valence-corrected chi connectivity index (χ0v) is 9.97. The van der Waals surface area contributed by atoms with E-state index in [0.29, 0.717) is 25.2 Å². The zero-order chi connectivity index (χ0) is 12.0. The first kappa shape index (κ1) is 12.8. The van der Waals surface area contributed by atoms with E-state index in [1.165, 1.54) is 6.07 Å². The van der Waals surface area contributed by atoms with E-state index < -0.39 is 0 Å². The molecule has 1 aromatic carbocycles. The minimum absolute atomic E-state index is 0.274. The fourth-order valence-electron chi connectivity index (χ4n) is 1.63. The lowest BCUT2D eigenvalue weighted by atomic mass is 10.1. The Hall–Kier alpha value is -1.27. The fourth-order valence-corrected chi connectivity index (χ4v) is 1.85. The van der Waals surface area contributed by atoms with Crippen LogP contribution in [0.4, 0.5) is 10.1 Å². The molecule has 86 valence electrons. The van der Waals surface area contributed by atoms with Gasteiger partial charge in [-0.25, -0.2) is 4.39 Å². The Labute approximate surface area is 100 Å². The van der Waals surface area contributed by atoms with Gasteiger partial charge < -0.3 is 4.90 Å². The number of rotatable bonds is 5. The maximum Gasteiger partial charge on any atom is 0.146 e. The van der Waals surface area contributed by atoms with Gasteiger partial charge in [0.15, 0.2) is 0 Å². The third kappa shape index (κ3) is 2.86. The van der Waals surface area contributed by atoms with Gasteiger partial charge in [-0.05, 0) is 18.6 Å². The first-order valence-corrected chi connectivity index (χ1v) is 5.73. The molecular formula is C12H14ClFN2. The third-order valence-electron chi connectivity index (χ3n) is 2.41. The van der Waals surface area contributed by atoms with E-state index in [9.17, 15) is 4.39 Å². The Bertz CT molecular complexity index is 387. The van der Waals surface area contributed by atoms with Gasteiger partial charge in [0.25, 0.3) is 0 Å². The molecular weight excluding hydrogens is 227 g/mol. The molecule has 0 unspecified atom stereocenters. The summed E-state index contributed by atoms with van der Waals surface area (Å²) in [5, 5.41) is 8.56. The molecule has 0 saturated heterocycles. The van der Waals surface area contributed by atoms with Crippen LogP contribution in [0, 0.1) is 17.1 Å². The van der Waals surface area contributed by atoms with E-state index in [0.717, 1.165) is 5.56 Å². The highest BCUT2D eigenvalue weighted by atomic mass is 35.5. The van der Waals surface area contributed by atoms with Gasteiger partial charge in [-0.3, -0.25) is 0 Å². The van der Waals surface area contributed by atoms with Crippen LogP contribution in [-0.4, -0.2) is 13.1 Å². The number of nitrogens with zero attached hydrogens (tertiary/aromatic N) is 2. The van der Waals surface area contributed by atoms with Crippen molar-refractivity contribution < 1.29 is 4.39 Å². The molecule has 0 saturated carbocycles. The summed E-state index contributed by atoms with van der Waals surface area (Å²) in [4.78, 5) is 1.84. The van der Waals surface area contributed by atoms with Crippen molar-refractivity contribution in [2.75, 3.05) is 18.0 Å². The molecule has 0 bridgehead atoms. The van der Waals surface area contributed by atoms with Crippen molar-refractivity contribution in [2.45, 2.75) is 19.2 Å². The topological polar surface area (TPSA) is 27.0 Å². The third-order valence-corrected chi connectivity index (χ3v) is 2.69. The molecule has 4 heteroatoms. The molecule has 0 aromatic heterocycles. The molecule has 0 fully saturated rings. The number of alkyl halides is 1. The average molecular weight is 241 g/mol. The van der Waals surface area contributed by atoms with Gasteiger partial charge >= 0.3 is 0 Å². The van der Waals surface area contributed by atoms with E-state index in [1.807, 2.05) is 11.8 Å². The molecule has 0 N–H and O–H groups in total. The van der Waals surface area contributed by atoms with E-state index in [2.05, 4.69) is 6.07 Å². The number of para-hydroxylation sites is 1. The minimum Gasteiger partial charge on any atom is -0.368 e. The summed E-state index contributed by atoms with van der Waals surface area (Å²) < 4.78 is 13.7. The molecule has 0 heterocycles. The van der Waals surface area contributed by atoms with Gasteiger partial charge in [0.1, 0.15) is 5.82 Å². The van der Waals surface area contributed by atoms with Crippen LogP contribution in [0.1, 0.15) is 18.9 Å². The first-order chi connectivity index (χ1) is 7.74. The number of hydrogen-bond acceptors (Lipinski definition) is 2. The SMILES string of the molecule is CCN(CCC#N)c1c(F)cccc1CCl. The monoisotopic (exact) mass is 240 g/mol. The Morgan fingerprint density at radius 2 is 2.25 bits per heavy atom. The van der Waals surface area contributed by atoms with Crippen LogP contribution < -0.4 is 4.90 Å². The van der Waals surface area contributed by atoms with Crippen LogP contribution in [0.2, 0.25) is 0 Å². The minimum atomic E-state index is -0.280. The molecule has 0 radical (unpaired) electrons. The molecule has 1 aromatic rings.